The second-order valence-corrected chi connectivity index (χ2v) is 11.1. The van der Waals surface area contributed by atoms with E-state index >= 15 is 0 Å². The first-order chi connectivity index (χ1) is 18.2. The highest BCUT2D eigenvalue weighted by atomic mass is 16.4. The molecule has 38 heavy (non-hydrogen) atoms. The standard InChI is InChI=1S/C29H32N6O3/c1-29(13-25(36)37)16-35(24-6-4-3-5-23(24)29)27-22(26(30)38)14-31-28(33-27)32-19-11-18-15-34(2)10-9-20(18)21(12-19)17-7-8-17/h3-6,11-12,14,17H,7-10,13,15-16H2,1-2H3,(H2,30,38)(H,36,37)(H,31,32,33). The molecule has 2 aliphatic heterocycles. The Bertz CT molecular complexity index is 1450. The summed E-state index contributed by atoms with van der Waals surface area (Å²) in [7, 11) is 2.14. The summed E-state index contributed by atoms with van der Waals surface area (Å²) in [6, 6.07) is 12.1. The number of likely N-dealkylation sites (N-methyl/N-ethyl adjacent to an activating group) is 1. The van der Waals surface area contributed by atoms with Gasteiger partial charge in [0, 0.05) is 42.6 Å². The van der Waals surface area contributed by atoms with Gasteiger partial charge in [-0.05, 0) is 72.7 Å². The van der Waals surface area contributed by atoms with E-state index in [9.17, 15) is 14.7 Å². The molecule has 1 unspecified atom stereocenters. The molecule has 9 heteroatoms. The number of anilines is 4. The highest BCUT2D eigenvalue weighted by Crippen LogP contribution is 2.47. The minimum absolute atomic E-state index is 0.0455. The first kappa shape index (κ1) is 24.4. The summed E-state index contributed by atoms with van der Waals surface area (Å²) >= 11 is 0. The average Bonchev–Trinajstić information content (AvgIpc) is 3.67. The Hall–Kier alpha value is -3.98. The van der Waals surface area contributed by atoms with Crippen LogP contribution in [0, 0.1) is 0 Å². The number of benzene rings is 2. The van der Waals surface area contributed by atoms with E-state index in [1.165, 1.54) is 35.7 Å². The molecule has 1 fully saturated rings. The van der Waals surface area contributed by atoms with Crippen LogP contribution in [0.15, 0.2) is 42.6 Å². The van der Waals surface area contributed by atoms with Crippen LogP contribution >= 0.6 is 0 Å². The first-order valence-electron chi connectivity index (χ1n) is 13.1. The SMILES string of the molecule is CN1CCc2c(cc(Nc3ncc(C(N)=O)c(N4CC(C)(CC(=O)O)c5ccccc54)n3)cc2C2CC2)C1. The summed E-state index contributed by atoms with van der Waals surface area (Å²) in [4.78, 5) is 37.6. The number of para-hydroxylation sites is 1. The summed E-state index contributed by atoms with van der Waals surface area (Å²) < 4.78 is 0. The summed E-state index contributed by atoms with van der Waals surface area (Å²) in [6.07, 6.45) is 4.92. The lowest BCUT2D eigenvalue weighted by Gasteiger charge is -2.28. The molecule has 1 atom stereocenters. The number of nitrogens with one attached hydrogen (secondary N) is 1. The summed E-state index contributed by atoms with van der Waals surface area (Å²) in [5, 5.41) is 13.0. The first-order valence-corrected chi connectivity index (χ1v) is 13.1. The van der Waals surface area contributed by atoms with Crippen molar-refractivity contribution >= 4 is 35.0 Å². The van der Waals surface area contributed by atoms with Crippen LogP contribution in [0.25, 0.3) is 0 Å². The fourth-order valence-electron chi connectivity index (χ4n) is 6.06. The van der Waals surface area contributed by atoms with Crippen molar-refractivity contribution < 1.29 is 14.7 Å². The Morgan fingerprint density at radius 3 is 2.76 bits per heavy atom. The third-order valence-corrected chi connectivity index (χ3v) is 8.02. The normalized spacial score (nSPS) is 20.6. The summed E-state index contributed by atoms with van der Waals surface area (Å²) in [5.41, 5.74) is 12.2. The fourth-order valence-corrected chi connectivity index (χ4v) is 6.06. The molecule has 1 aromatic heterocycles. The van der Waals surface area contributed by atoms with Crippen LogP contribution in [0.2, 0.25) is 0 Å². The number of nitrogens with zero attached hydrogens (tertiary/aromatic N) is 4. The minimum atomic E-state index is -0.881. The number of rotatable bonds is 7. The van der Waals surface area contributed by atoms with Gasteiger partial charge >= 0.3 is 5.97 Å². The van der Waals surface area contributed by atoms with Gasteiger partial charge in [-0.25, -0.2) is 4.98 Å². The van der Waals surface area contributed by atoms with E-state index in [0.29, 0.717) is 24.2 Å². The van der Waals surface area contributed by atoms with E-state index in [2.05, 4.69) is 34.4 Å². The molecule has 0 spiro atoms. The van der Waals surface area contributed by atoms with Gasteiger partial charge in [0.05, 0.1) is 6.42 Å². The molecule has 3 aromatic rings. The van der Waals surface area contributed by atoms with Gasteiger partial charge in [0.25, 0.3) is 5.91 Å². The molecule has 9 nitrogen and oxygen atoms in total. The van der Waals surface area contributed by atoms with Crippen LogP contribution in [0.4, 0.5) is 23.1 Å². The van der Waals surface area contributed by atoms with Crippen molar-refractivity contribution in [2.75, 3.05) is 30.4 Å². The van der Waals surface area contributed by atoms with E-state index < -0.39 is 17.3 Å². The maximum Gasteiger partial charge on any atom is 0.304 e. The maximum atomic E-state index is 12.4. The van der Waals surface area contributed by atoms with Gasteiger partial charge in [0.15, 0.2) is 5.82 Å². The van der Waals surface area contributed by atoms with Crippen LogP contribution < -0.4 is 16.0 Å². The topological polar surface area (TPSA) is 125 Å². The molecule has 1 aliphatic carbocycles. The van der Waals surface area contributed by atoms with E-state index in [-0.39, 0.29) is 12.0 Å². The quantitative estimate of drug-likeness (QED) is 0.433. The van der Waals surface area contributed by atoms with Gasteiger partial charge in [-0.15, -0.1) is 0 Å². The Morgan fingerprint density at radius 1 is 1.24 bits per heavy atom. The average molecular weight is 513 g/mol. The number of amides is 1. The number of hydrogen-bond acceptors (Lipinski definition) is 7. The molecule has 1 amide bonds. The van der Waals surface area contributed by atoms with Crippen molar-refractivity contribution in [2.45, 2.75) is 50.5 Å². The van der Waals surface area contributed by atoms with Gasteiger partial charge in [0.2, 0.25) is 5.95 Å². The van der Waals surface area contributed by atoms with Crippen molar-refractivity contribution in [1.29, 1.82) is 0 Å². The molecule has 2 aromatic carbocycles. The third kappa shape index (κ3) is 4.36. The van der Waals surface area contributed by atoms with Crippen molar-refractivity contribution in [3.63, 3.8) is 0 Å². The predicted octanol–water partition coefficient (Wildman–Crippen LogP) is 4.07. The summed E-state index contributed by atoms with van der Waals surface area (Å²) in [5.74, 6) is -0.162. The Kier molecular flexibility index (Phi) is 5.83. The van der Waals surface area contributed by atoms with Gasteiger partial charge in [-0.3, -0.25) is 9.59 Å². The molecule has 3 heterocycles. The Labute approximate surface area is 221 Å². The van der Waals surface area contributed by atoms with Crippen molar-refractivity contribution in [3.05, 3.63) is 70.4 Å². The third-order valence-electron chi connectivity index (χ3n) is 8.02. The van der Waals surface area contributed by atoms with E-state index in [1.807, 2.05) is 36.1 Å². The Balaban J connectivity index is 1.39. The van der Waals surface area contributed by atoms with Gasteiger partial charge in [-0.2, -0.15) is 4.98 Å². The number of primary amides is 1. The molecule has 0 saturated heterocycles. The van der Waals surface area contributed by atoms with Gasteiger partial charge < -0.3 is 26.0 Å². The van der Waals surface area contributed by atoms with E-state index in [1.54, 1.807) is 0 Å². The lowest BCUT2D eigenvalue weighted by Crippen LogP contribution is -2.32. The largest absolute Gasteiger partial charge is 0.481 e. The summed E-state index contributed by atoms with van der Waals surface area (Å²) in [6.45, 7) is 4.25. The number of aromatic nitrogens is 2. The number of carbonyl (C=O) groups is 2. The number of fused-ring (bicyclic) bond motifs is 2. The van der Waals surface area contributed by atoms with Gasteiger partial charge in [-0.1, -0.05) is 25.1 Å². The molecule has 6 rings (SSSR count). The van der Waals surface area contributed by atoms with Crippen molar-refractivity contribution in [1.82, 2.24) is 14.9 Å². The lowest BCUT2D eigenvalue weighted by molar-refractivity contribution is -0.138. The lowest BCUT2D eigenvalue weighted by atomic mass is 9.81. The minimum Gasteiger partial charge on any atom is -0.481 e. The highest BCUT2D eigenvalue weighted by Gasteiger charge is 2.42. The van der Waals surface area contributed by atoms with Crippen LogP contribution in [0.5, 0.6) is 0 Å². The van der Waals surface area contributed by atoms with Crippen LogP contribution in [-0.2, 0) is 23.2 Å². The predicted molar refractivity (Wildman–Crippen MR) is 145 cm³/mol. The van der Waals surface area contributed by atoms with Crippen LogP contribution in [0.1, 0.15) is 64.7 Å². The second kappa shape index (κ2) is 9.09. The van der Waals surface area contributed by atoms with E-state index in [0.717, 1.165) is 36.4 Å². The molecule has 0 radical (unpaired) electrons. The molecule has 196 valence electrons. The Morgan fingerprint density at radius 2 is 2.03 bits per heavy atom. The molecular formula is C29H32N6O3. The van der Waals surface area contributed by atoms with Crippen LogP contribution in [-0.4, -0.2) is 52.0 Å². The van der Waals surface area contributed by atoms with Crippen molar-refractivity contribution in [2.24, 2.45) is 5.73 Å². The zero-order valence-electron chi connectivity index (χ0n) is 21.7. The molecule has 3 aliphatic rings. The fraction of sp³-hybridized carbons (Fsp3) is 0.379. The maximum absolute atomic E-state index is 12.4. The number of aliphatic carboxylic acids is 1. The zero-order chi connectivity index (χ0) is 26.6. The van der Waals surface area contributed by atoms with Crippen LogP contribution in [0.3, 0.4) is 0 Å². The number of carbonyl (C=O) groups excluding carboxylic acids is 1. The molecule has 4 N–H and O–H groups in total. The second-order valence-electron chi connectivity index (χ2n) is 11.1. The monoisotopic (exact) mass is 512 g/mol. The molecular weight excluding hydrogens is 480 g/mol. The molecule has 0 bridgehead atoms. The van der Waals surface area contributed by atoms with Gasteiger partial charge in [0.1, 0.15) is 5.56 Å². The smallest absolute Gasteiger partial charge is 0.304 e. The van der Waals surface area contributed by atoms with Crippen molar-refractivity contribution in [3.8, 4) is 0 Å². The zero-order valence-corrected chi connectivity index (χ0v) is 21.7. The number of carboxylic acid groups (broad SMARTS) is 1. The number of nitrogens with two attached hydrogens (primary N) is 1. The molecule has 1 saturated carbocycles. The van der Waals surface area contributed by atoms with E-state index in [4.69, 9.17) is 10.7 Å². The number of hydrogen-bond donors (Lipinski definition) is 3. The highest BCUT2D eigenvalue weighted by molar-refractivity contribution is 5.99. The number of carboxylic acids is 1.